The molecule has 0 amide bonds. The summed E-state index contributed by atoms with van der Waals surface area (Å²) in [6.45, 7) is 0. The standard InChI is InChI=1S/C14H10BrF4N/c15-11-6-2-5-10(12(11)16)13(20)8-3-1-4-9(7-8)14(17,18)19/h1-7,13H,20H2. The number of rotatable bonds is 2. The Labute approximate surface area is 121 Å². The van der Waals surface area contributed by atoms with Crippen molar-refractivity contribution < 1.29 is 17.6 Å². The highest BCUT2D eigenvalue weighted by molar-refractivity contribution is 9.10. The lowest BCUT2D eigenvalue weighted by Crippen LogP contribution is -2.15. The minimum Gasteiger partial charge on any atom is -0.320 e. The Morgan fingerprint density at radius 1 is 1.05 bits per heavy atom. The Balaban J connectivity index is 2.44. The highest BCUT2D eigenvalue weighted by atomic mass is 79.9. The van der Waals surface area contributed by atoms with Gasteiger partial charge in [0.15, 0.2) is 0 Å². The topological polar surface area (TPSA) is 26.0 Å². The van der Waals surface area contributed by atoms with Crippen LogP contribution >= 0.6 is 15.9 Å². The van der Waals surface area contributed by atoms with Gasteiger partial charge >= 0.3 is 6.18 Å². The maximum atomic E-state index is 13.9. The molecule has 106 valence electrons. The summed E-state index contributed by atoms with van der Waals surface area (Å²) in [5.41, 5.74) is 5.41. The molecule has 0 aliphatic heterocycles. The average Bonchev–Trinajstić information content (AvgIpc) is 2.40. The highest BCUT2D eigenvalue weighted by Crippen LogP contribution is 2.32. The molecule has 0 aromatic heterocycles. The van der Waals surface area contributed by atoms with E-state index in [1.165, 1.54) is 24.3 Å². The summed E-state index contributed by atoms with van der Waals surface area (Å²) in [7, 11) is 0. The van der Waals surface area contributed by atoms with Crippen LogP contribution in [0.15, 0.2) is 46.9 Å². The van der Waals surface area contributed by atoms with Crippen LogP contribution in [0.3, 0.4) is 0 Å². The van der Waals surface area contributed by atoms with Gasteiger partial charge in [0.25, 0.3) is 0 Å². The third-order valence-corrected chi connectivity index (χ3v) is 3.50. The molecule has 0 heterocycles. The summed E-state index contributed by atoms with van der Waals surface area (Å²) < 4.78 is 52.1. The first-order valence-corrected chi connectivity index (χ1v) is 6.46. The van der Waals surface area contributed by atoms with E-state index < -0.39 is 23.6 Å². The van der Waals surface area contributed by atoms with E-state index in [9.17, 15) is 17.6 Å². The van der Waals surface area contributed by atoms with Crippen LogP contribution in [0.4, 0.5) is 17.6 Å². The fourth-order valence-corrected chi connectivity index (χ4v) is 2.23. The summed E-state index contributed by atoms with van der Waals surface area (Å²) >= 11 is 3.02. The van der Waals surface area contributed by atoms with Crippen molar-refractivity contribution in [2.75, 3.05) is 0 Å². The number of nitrogens with two attached hydrogens (primary N) is 1. The smallest absolute Gasteiger partial charge is 0.320 e. The first kappa shape index (κ1) is 15.0. The Morgan fingerprint density at radius 2 is 1.70 bits per heavy atom. The fourth-order valence-electron chi connectivity index (χ4n) is 1.85. The third kappa shape index (κ3) is 3.02. The SMILES string of the molecule is NC(c1cccc(C(F)(F)F)c1)c1cccc(Br)c1F. The zero-order chi connectivity index (χ0) is 14.9. The van der Waals surface area contributed by atoms with Gasteiger partial charge in [0.05, 0.1) is 16.1 Å². The molecule has 1 atom stereocenters. The van der Waals surface area contributed by atoms with Crippen LogP contribution in [0.25, 0.3) is 0 Å². The summed E-state index contributed by atoms with van der Waals surface area (Å²) in [4.78, 5) is 0. The molecular formula is C14H10BrF4N. The number of benzene rings is 2. The molecule has 2 aromatic rings. The molecule has 2 rings (SSSR count). The molecule has 0 saturated carbocycles. The average molecular weight is 348 g/mol. The zero-order valence-corrected chi connectivity index (χ0v) is 11.7. The van der Waals surface area contributed by atoms with Gasteiger partial charge in [-0.25, -0.2) is 4.39 Å². The minimum atomic E-state index is -4.45. The predicted octanol–water partition coefficient (Wildman–Crippen LogP) is 4.66. The number of hydrogen-bond donors (Lipinski definition) is 1. The van der Waals surface area contributed by atoms with Gasteiger partial charge in [-0.3, -0.25) is 0 Å². The number of hydrogen-bond acceptors (Lipinski definition) is 1. The molecule has 0 saturated heterocycles. The van der Waals surface area contributed by atoms with Crippen LogP contribution < -0.4 is 5.73 Å². The summed E-state index contributed by atoms with van der Waals surface area (Å²) in [5.74, 6) is -0.572. The predicted molar refractivity (Wildman–Crippen MR) is 71.6 cm³/mol. The van der Waals surface area contributed by atoms with Crippen molar-refractivity contribution in [3.05, 3.63) is 69.4 Å². The van der Waals surface area contributed by atoms with Gasteiger partial charge < -0.3 is 5.73 Å². The second-order valence-corrected chi connectivity index (χ2v) is 5.10. The molecule has 2 N–H and O–H groups in total. The van der Waals surface area contributed by atoms with E-state index in [1.54, 1.807) is 6.07 Å². The molecule has 0 fully saturated rings. The largest absolute Gasteiger partial charge is 0.416 e. The van der Waals surface area contributed by atoms with Crippen molar-refractivity contribution in [2.24, 2.45) is 5.73 Å². The van der Waals surface area contributed by atoms with Gasteiger partial charge in [0, 0.05) is 5.56 Å². The maximum Gasteiger partial charge on any atom is 0.416 e. The van der Waals surface area contributed by atoms with Crippen molar-refractivity contribution in [3.8, 4) is 0 Å². The van der Waals surface area contributed by atoms with Crippen molar-refractivity contribution in [2.45, 2.75) is 12.2 Å². The summed E-state index contributed by atoms with van der Waals surface area (Å²) in [6, 6.07) is 8.15. The van der Waals surface area contributed by atoms with Crippen LogP contribution in [0.2, 0.25) is 0 Å². The lowest BCUT2D eigenvalue weighted by atomic mass is 9.97. The van der Waals surface area contributed by atoms with E-state index in [0.717, 1.165) is 12.1 Å². The van der Waals surface area contributed by atoms with E-state index in [1.807, 2.05) is 0 Å². The lowest BCUT2D eigenvalue weighted by Gasteiger charge is -2.16. The molecule has 0 aliphatic carbocycles. The van der Waals surface area contributed by atoms with Gasteiger partial charge in [0.2, 0.25) is 0 Å². The van der Waals surface area contributed by atoms with Gasteiger partial charge in [-0.2, -0.15) is 13.2 Å². The number of alkyl halides is 3. The van der Waals surface area contributed by atoms with Gasteiger partial charge in [0.1, 0.15) is 5.82 Å². The van der Waals surface area contributed by atoms with Crippen LogP contribution in [-0.4, -0.2) is 0 Å². The van der Waals surface area contributed by atoms with Crippen molar-refractivity contribution in [1.29, 1.82) is 0 Å². The van der Waals surface area contributed by atoms with Crippen molar-refractivity contribution >= 4 is 15.9 Å². The van der Waals surface area contributed by atoms with E-state index >= 15 is 0 Å². The summed E-state index contributed by atoms with van der Waals surface area (Å²) in [5, 5.41) is 0. The first-order chi connectivity index (χ1) is 9.30. The van der Waals surface area contributed by atoms with Crippen molar-refractivity contribution in [3.63, 3.8) is 0 Å². The molecule has 20 heavy (non-hydrogen) atoms. The third-order valence-electron chi connectivity index (χ3n) is 2.89. The van der Waals surface area contributed by atoms with Crippen molar-refractivity contribution in [1.82, 2.24) is 0 Å². The van der Waals surface area contributed by atoms with Crippen LogP contribution in [-0.2, 0) is 6.18 Å². The highest BCUT2D eigenvalue weighted by Gasteiger charge is 2.31. The van der Waals surface area contributed by atoms with Crippen LogP contribution in [0.1, 0.15) is 22.7 Å². The molecular weight excluding hydrogens is 338 g/mol. The molecule has 2 aromatic carbocycles. The molecule has 6 heteroatoms. The quantitative estimate of drug-likeness (QED) is 0.786. The monoisotopic (exact) mass is 347 g/mol. The van der Waals surface area contributed by atoms with E-state index in [4.69, 9.17) is 5.73 Å². The van der Waals surface area contributed by atoms with Crippen LogP contribution in [0.5, 0.6) is 0 Å². The molecule has 0 spiro atoms. The van der Waals surface area contributed by atoms with Gasteiger partial charge in [-0.1, -0.05) is 24.3 Å². The molecule has 0 bridgehead atoms. The van der Waals surface area contributed by atoms with Gasteiger partial charge in [-0.05, 0) is 39.7 Å². The van der Waals surface area contributed by atoms with Gasteiger partial charge in [-0.15, -0.1) is 0 Å². The Morgan fingerprint density at radius 3 is 2.35 bits per heavy atom. The van der Waals surface area contributed by atoms with Crippen LogP contribution in [0, 0.1) is 5.82 Å². The maximum absolute atomic E-state index is 13.9. The van der Waals surface area contributed by atoms with E-state index in [0.29, 0.717) is 0 Å². The Hall–Kier alpha value is -1.40. The normalized spacial score (nSPS) is 13.3. The molecule has 1 unspecified atom stereocenters. The Bertz CT molecular complexity index is 625. The fraction of sp³-hybridized carbons (Fsp3) is 0.143. The molecule has 1 nitrogen and oxygen atoms in total. The Kier molecular flexibility index (Phi) is 4.15. The van der Waals surface area contributed by atoms with E-state index in [-0.39, 0.29) is 15.6 Å². The minimum absolute atomic E-state index is 0.138. The second-order valence-electron chi connectivity index (χ2n) is 4.24. The molecule has 0 aliphatic rings. The second kappa shape index (κ2) is 5.54. The zero-order valence-electron chi connectivity index (χ0n) is 10.1. The molecule has 0 radical (unpaired) electrons. The summed E-state index contributed by atoms with van der Waals surface area (Å²) in [6.07, 6.45) is -4.45. The first-order valence-electron chi connectivity index (χ1n) is 5.67. The number of halogens is 5. The lowest BCUT2D eigenvalue weighted by molar-refractivity contribution is -0.137. The van der Waals surface area contributed by atoms with E-state index in [2.05, 4.69) is 15.9 Å².